The van der Waals surface area contributed by atoms with Gasteiger partial charge in [-0.15, -0.1) is 0 Å². The van der Waals surface area contributed by atoms with E-state index in [0.717, 1.165) is 11.3 Å². The van der Waals surface area contributed by atoms with Crippen LogP contribution in [0.1, 0.15) is 27.7 Å². The minimum atomic E-state index is -0.425. The lowest BCUT2D eigenvalue weighted by molar-refractivity contribution is 0.00578. The molecule has 1 aliphatic heterocycles. The van der Waals surface area contributed by atoms with Crippen molar-refractivity contribution in [1.29, 1.82) is 0 Å². The number of hydrogen-bond acceptors (Lipinski definition) is 4. The summed E-state index contributed by atoms with van der Waals surface area (Å²) in [6.45, 7) is 8.17. The molecule has 0 aliphatic carbocycles. The van der Waals surface area contributed by atoms with Crippen LogP contribution >= 0.6 is 0 Å². The first-order chi connectivity index (χ1) is 9.41. The van der Waals surface area contributed by atoms with E-state index in [1.165, 1.54) is 0 Å². The smallest absolute Gasteiger partial charge is 0.399 e. The fourth-order valence-electron chi connectivity index (χ4n) is 2.16. The van der Waals surface area contributed by atoms with E-state index in [0.29, 0.717) is 0 Å². The predicted octanol–water partition coefficient (Wildman–Crippen LogP) is 1.57. The minimum absolute atomic E-state index is 0.361. The fraction of sp³-hybridized carbons (Fsp3) is 0.429. The zero-order valence-corrected chi connectivity index (χ0v) is 12.2. The van der Waals surface area contributed by atoms with Crippen LogP contribution in [-0.2, 0) is 9.31 Å². The number of aromatic nitrogens is 3. The highest BCUT2D eigenvalue weighted by Crippen LogP contribution is 2.36. The van der Waals surface area contributed by atoms with E-state index in [1.807, 2.05) is 50.6 Å². The van der Waals surface area contributed by atoms with Gasteiger partial charge in [-0.3, -0.25) is 4.57 Å². The number of imidazole rings is 1. The highest BCUT2D eigenvalue weighted by atomic mass is 16.7. The Balaban J connectivity index is 2.01. The molecule has 0 N–H and O–H groups in total. The average molecular weight is 271 g/mol. The highest BCUT2D eigenvalue weighted by Gasteiger charge is 2.52. The van der Waals surface area contributed by atoms with Gasteiger partial charge in [-0.05, 0) is 33.8 Å². The van der Waals surface area contributed by atoms with Crippen molar-refractivity contribution in [2.75, 3.05) is 0 Å². The van der Waals surface area contributed by atoms with Crippen LogP contribution < -0.4 is 5.46 Å². The minimum Gasteiger partial charge on any atom is -0.399 e. The molecule has 0 atom stereocenters. The lowest BCUT2D eigenvalue weighted by Crippen LogP contribution is -2.41. The van der Waals surface area contributed by atoms with Gasteiger partial charge in [0.2, 0.25) is 0 Å². The van der Waals surface area contributed by atoms with Gasteiger partial charge >= 0.3 is 7.12 Å². The van der Waals surface area contributed by atoms with Crippen LogP contribution in [0.25, 0.3) is 5.82 Å². The molecule has 2 aromatic rings. The predicted molar refractivity (Wildman–Crippen MR) is 77.1 cm³/mol. The summed E-state index contributed by atoms with van der Waals surface area (Å²) in [6, 6.07) is 3.87. The highest BCUT2D eigenvalue weighted by molar-refractivity contribution is 6.63. The molecule has 0 aromatic carbocycles. The van der Waals surface area contributed by atoms with E-state index in [2.05, 4.69) is 9.97 Å². The molecule has 6 heteroatoms. The summed E-state index contributed by atoms with van der Waals surface area (Å²) >= 11 is 0. The van der Waals surface area contributed by atoms with Crippen molar-refractivity contribution in [1.82, 2.24) is 14.5 Å². The normalized spacial score (nSPS) is 20.3. The molecule has 1 aliphatic rings. The van der Waals surface area contributed by atoms with Crippen LogP contribution in [0.15, 0.2) is 37.1 Å². The van der Waals surface area contributed by atoms with Crippen LogP contribution in [0, 0.1) is 0 Å². The maximum atomic E-state index is 6.09. The van der Waals surface area contributed by atoms with E-state index in [4.69, 9.17) is 9.31 Å². The molecule has 0 amide bonds. The van der Waals surface area contributed by atoms with Crippen LogP contribution in [0.3, 0.4) is 0 Å². The van der Waals surface area contributed by atoms with Crippen molar-refractivity contribution in [3.8, 4) is 5.82 Å². The largest absolute Gasteiger partial charge is 0.498 e. The van der Waals surface area contributed by atoms with Gasteiger partial charge in [0.1, 0.15) is 12.1 Å². The molecule has 0 radical (unpaired) electrons. The zero-order chi connectivity index (χ0) is 14.4. The average Bonchev–Trinajstić information content (AvgIpc) is 2.97. The van der Waals surface area contributed by atoms with Gasteiger partial charge in [0.05, 0.1) is 11.2 Å². The van der Waals surface area contributed by atoms with Gasteiger partial charge in [0, 0.05) is 24.1 Å². The molecule has 5 nitrogen and oxygen atoms in total. The third-order valence-electron chi connectivity index (χ3n) is 4.07. The Morgan fingerprint density at radius 3 is 2.40 bits per heavy atom. The van der Waals surface area contributed by atoms with E-state index in [1.54, 1.807) is 18.7 Å². The van der Waals surface area contributed by atoms with Crippen molar-refractivity contribution in [2.45, 2.75) is 38.9 Å². The molecular weight excluding hydrogens is 253 g/mol. The van der Waals surface area contributed by atoms with Gasteiger partial charge in [0.25, 0.3) is 0 Å². The van der Waals surface area contributed by atoms with Gasteiger partial charge in [-0.1, -0.05) is 6.07 Å². The third kappa shape index (κ3) is 2.05. The molecule has 1 fully saturated rings. The van der Waals surface area contributed by atoms with Crippen molar-refractivity contribution in [3.05, 3.63) is 37.1 Å². The summed E-state index contributed by atoms with van der Waals surface area (Å²) in [5.41, 5.74) is 0.184. The SMILES string of the molecule is CC1(C)OB(c2cccnc2-n2ccnc2)OC1(C)C. The third-order valence-corrected chi connectivity index (χ3v) is 4.07. The summed E-state index contributed by atoms with van der Waals surface area (Å²) in [5.74, 6) is 0.781. The molecule has 3 heterocycles. The summed E-state index contributed by atoms with van der Waals surface area (Å²) in [7, 11) is -0.425. The topological polar surface area (TPSA) is 49.2 Å². The van der Waals surface area contributed by atoms with E-state index in [-0.39, 0.29) is 11.2 Å². The number of hydrogen-bond donors (Lipinski definition) is 0. The monoisotopic (exact) mass is 271 g/mol. The molecule has 1 saturated heterocycles. The quantitative estimate of drug-likeness (QED) is 0.778. The van der Waals surface area contributed by atoms with Crippen molar-refractivity contribution < 1.29 is 9.31 Å². The van der Waals surface area contributed by atoms with E-state index in [9.17, 15) is 0 Å². The van der Waals surface area contributed by atoms with Gasteiger partial charge < -0.3 is 9.31 Å². The summed E-state index contributed by atoms with van der Waals surface area (Å²) in [4.78, 5) is 8.49. The Morgan fingerprint density at radius 2 is 1.80 bits per heavy atom. The molecule has 3 rings (SSSR count). The van der Waals surface area contributed by atoms with E-state index >= 15 is 0 Å². The maximum absolute atomic E-state index is 6.09. The van der Waals surface area contributed by atoms with Crippen molar-refractivity contribution in [2.24, 2.45) is 0 Å². The molecule has 2 aromatic heterocycles. The molecule has 20 heavy (non-hydrogen) atoms. The Labute approximate surface area is 119 Å². The Hall–Kier alpha value is -1.66. The Kier molecular flexibility index (Phi) is 2.95. The summed E-state index contributed by atoms with van der Waals surface area (Å²) in [5, 5.41) is 0. The molecule has 0 bridgehead atoms. The number of pyridine rings is 1. The van der Waals surface area contributed by atoms with Crippen molar-refractivity contribution in [3.63, 3.8) is 0 Å². The molecule has 104 valence electrons. The van der Waals surface area contributed by atoms with Gasteiger partial charge in [0.15, 0.2) is 0 Å². The summed E-state index contributed by atoms with van der Waals surface area (Å²) < 4.78 is 14.0. The number of rotatable bonds is 2. The lowest BCUT2D eigenvalue weighted by atomic mass is 9.79. The standard InChI is InChI=1S/C14H18BN3O2/c1-13(2)14(3,4)20-15(19-13)11-6-5-7-17-12(11)18-9-8-16-10-18/h5-10H,1-4H3. The zero-order valence-electron chi connectivity index (χ0n) is 12.2. The Morgan fingerprint density at radius 1 is 1.10 bits per heavy atom. The fourth-order valence-corrected chi connectivity index (χ4v) is 2.16. The molecule has 0 unspecified atom stereocenters. The second-order valence-corrected chi connectivity index (χ2v) is 5.97. The second-order valence-electron chi connectivity index (χ2n) is 5.97. The lowest BCUT2D eigenvalue weighted by Gasteiger charge is -2.32. The molecular formula is C14H18BN3O2. The van der Waals surface area contributed by atoms with Crippen LogP contribution in [0.5, 0.6) is 0 Å². The first-order valence-corrected chi connectivity index (χ1v) is 6.70. The first kappa shape index (κ1) is 13.3. The van der Waals surface area contributed by atoms with Crippen molar-refractivity contribution >= 4 is 12.6 Å². The molecule has 0 saturated carbocycles. The van der Waals surface area contributed by atoms with Crippen LogP contribution in [0.2, 0.25) is 0 Å². The van der Waals surface area contributed by atoms with Gasteiger partial charge in [-0.25, -0.2) is 9.97 Å². The maximum Gasteiger partial charge on any atom is 0.498 e. The van der Waals surface area contributed by atoms with E-state index < -0.39 is 7.12 Å². The number of nitrogens with zero attached hydrogens (tertiary/aromatic N) is 3. The van der Waals surface area contributed by atoms with Crippen LogP contribution in [-0.4, -0.2) is 32.9 Å². The molecule has 0 spiro atoms. The van der Waals surface area contributed by atoms with Gasteiger partial charge in [-0.2, -0.15) is 0 Å². The Bertz CT molecular complexity index is 595. The second kappa shape index (κ2) is 4.43. The van der Waals surface area contributed by atoms with Crippen LogP contribution in [0.4, 0.5) is 0 Å². The summed E-state index contributed by atoms with van der Waals surface area (Å²) in [6.07, 6.45) is 7.06. The first-order valence-electron chi connectivity index (χ1n) is 6.70.